The van der Waals surface area contributed by atoms with Gasteiger partial charge in [0, 0.05) is 23.4 Å². The molecule has 13 heteroatoms. The van der Waals surface area contributed by atoms with Crippen LogP contribution in [0, 0.1) is 0 Å². The van der Waals surface area contributed by atoms with Crippen molar-refractivity contribution >= 4 is 57.9 Å². The molecule has 2 aliphatic rings. The number of nitrogens with zero attached hydrogens (tertiary/aromatic N) is 2. The molecule has 2 aromatic rings. The summed E-state index contributed by atoms with van der Waals surface area (Å²) in [7, 11) is -1.18. The zero-order valence-corrected chi connectivity index (χ0v) is 23.4. The van der Waals surface area contributed by atoms with E-state index in [-0.39, 0.29) is 25.2 Å². The normalized spacial score (nSPS) is 17.6. The molecule has 0 aromatic heterocycles. The molecule has 0 fully saturated rings. The molecule has 3 atom stereocenters. The van der Waals surface area contributed by atoms with Gasteiger partial charge in [-0.15, -0.1) is 3.95 Å². The Bertz CT molecular complexity index is 1520. The molecular weight excluding hydrogens is 572 g/mol. The molecule has 0 spiro atoms. The van der Waals surface area contributed by atoms with Gasteiger partial charge in [0.25, 0.3) is 5.91 Å². The number of benzene rings is 2. The number of allylic oxidation sites excluding steroid dienone is 2. The third kappa shape index (κ3) is 7.33. The number of aliphatic carboxylic acids is 2. The van der Waals surface area contributed by atoms with Crippen LogP contribution in [0.15, 0.2) is 63.9 Å². The molecule has 4 rings (SSSR count). The number of nitrogens with one attached hydrogen (secondary N) is 1. The number of amides is 3. The van der Waals surface area contributed by atoms with Gasteiger partial charge in [0.15, 0.2) is 0 Å². The van der Waals surface area contributed by atoms with E-state index in [0.717, 1.165) is 21.6 Å². The summed E-state index contributed by atoms with van der Waals surface area (Å²) in [5.74, 6) is -4.45. The van der Waals surface area contributed by atoms with Crippen LogP contribution in [0.25, 0.3) is 11.1 Å². The number of hydrogen-bond donors (Lipinski definition) is 4. The van der Waals surface area contributed by atoms with Gasteiger partial charge in [-0.3, -0.25) is 19.2 Å². The summed E-state index contributed by atoms with van der Waals surface area (Å²) in [6.45, 7) is 0. The van der Waals surface area contributed by atoms with Crippen LogP contribution in [0.5, 0.6) is 0 Å². The van der Waals surface area contributed by atoms with Crippen molar-refractivity contribution in [3.8, 4) is 11.1 Å². The van der Waals surface area contributed by atoms with Crippen LogP contribution in [0.1, 0.15) is 44.1 Å². The second kappa shape index (κ2) is 13.0. The van der Waals surface area contributed by atoms with Gasteiger partial charge in [-0.1, -0.05) is 48.0 Å². The zero-order chi connectivity index (χ0) is 29.7. The fourth-order valence-corrected chi connectivity index (χ4v) is 6.74. The molecule has 3 unspecified atom stereocenters. The molecule has 214 valence electrons. The van der Waals surface area contributed by atoms with Crippen molar-refractivity contribution in [3.05, 3.63) is 70.1 Å². The Kier molecular flexibility index (Phi) is 9.46. The van der Waals surface area contributed by atoms with Gasteiger partial charge in [-0.25, -0.2) is 4.79 Å². The molecule has 2 aromatic carbocycles. The number of carboxylic acids is 2. The van der Waals surface area contributed by atoms with E-state index < -0.39 is 59.6 Å². The van der Waals surface area contributed by atoms with Gasteiger partial charge in [0.2, 0.25) is 22.8 Å². The van der Waals surface area contributed by atoms with Crippen LogP contribution in [0.4, 0.5) is 0 Å². The lowest BCUT2D eigenvalue weighted by Crippen LogP contribution is -2.52. The van der Waals surface area contributed by atoms with E-state index in [0.29, 0.717) is 17.2 Å². The van der Waals surface area contributed by atoms with Gasteiger partial charge < -0.3 is 21.3 Å². The Hall–Kier alpha value is -4.16. The molecule has 0 saturated heterocycles. The Morgan fingerprint density at radius 2 is 1.63 bits per heavy atom. The summed E-state index contributed by atoms with van der Waals surface area (Å²) in [5.41, 5.74) is 8.69. The van der Waals surface area contributed by atoms with Gasteiger partial charge in [-0.05, 0) is 42.2 Å². The molecule has 3 amide bonds. The standard InChI is InChI=1S/C28H27ClN4O7S/c29-19-3-1-2-18(14-19)16-4-6-17(7-5-16)22-15-20-8-11-24(34)33(41(20)32-22)23(10-13-26(37)38)28(40)31-21(27(30)39)9-12-25(35)36/h1-7,14-15,21,23H,8-13H2,(H4-,30,31,35,36,37,38,39,40)/p+1. The molecule has 11 nitrogen and oxygen atoms in total. The molecule has 0 aliphatic carbocycles. The predicted molar refractivity (Wildman–Crippen MR) is 152 cm³/mol. The van der Waals surface area contributed by atoms with E-state index in [1.807, 2.05) is 48.5 Å². The summed E-state index contributed by atoms with van der Waals surface area (Å²) in [4.78, 5) is 61.6. The van der Waals surface area contributed by atoms with Crippen LogP contribution < -0.4 is 11.1 Å². The minimum Gasteiger partial charge on any atom is -0.481 e. The lowest BCUT2D eigenvalue weighted by atomic mass is 10.0. The molecule has 2 heterocycles. The average molecular weight is 600 g/mol. The summed E-state index contributed by atoms with van der Waals surface area (Å²) in [6.07, 6.45) is 1.09. The smallest absolute Gasteiger partial charge is 0.396 e. The molecule has 2 aliphatic heterocycles. The van der Waals surface area contributed by atoms with Crippen LogP contribution in [-0.4, -0.2) is 61.6 Å². The maximum Gasteiger partial charge on any atom is 0.396 e. The van der Waals surface area contributed by atoms with Crippen molar-refractivity contribution in [2.24, 2.45) is 10.1 Å². The molecule has 0 bridgehead atoms. The van der Waals surface area contributed by atoms with Gasteiger partial charge >= 0.3 is 17.8 Å². The highest BCUT2D eigenvalue weighted by molar-refractivity contribution is 7.88. The lowest BCUT2D eigenvalue weighted by Gasteiger charge is -2.21. The number of carbonyl (C=O) groups excluding carboxylic acids is 3. The number of primary amides is 1. The van der Waals surface area contributed by atoms with Gasteiger partial charge in [0.1, 0.15) is 6.04 Å². The van der Waals surface area contributed by atoms with Crippen molar-refractivity contribution in [1.82, 2.24) is 5.32 Å². The van der Waals surface area contributed by atoms with Crippen LogP contribution in [0.2, 0.25) is 5.02 Å². The highest BCUT2D eigenvalue weighted by Crippen LogP contribution is 2.30. The van der Waals surface area contributed by atoms with Gasteiger partial charge in [0.05, 0.1) is 23.5 Å². The number of nitrogens with two attached hydrogens (primary N) is 1. The first-order valence-corrected chi connectivity index (χ1v) is 14.3. The predicted octanol–water partition coefficient (Wildman–Crippen LogP) is 2.81. The summed E-state index contributed by atoms with van der Waals surface area (Å²) < 4.78 is 6.06. The van der Waals surface area contributed by atoms with Crippen LogP contribution in [-0.2, 0) is 34.9 Å². The fourth-order valence-electron chi connectivity index (χ4n) is 4.52. The van der Waals surface area contributed by atoms with Crippen molar-refractivity contribution in [2.75, 3.05) is 0 Å². The largest absolute Gasteiger partial charge is 0.481 e. The first kappa shape index (κ1) is 29.8. The lowest BCUT2D eigenvalue weighted by molar-refractivity contribution is -0.455. The highest BCUT2D eigenvalue weighted by atomic mass is 35.5. The molecule has 0 radical (unpaired) electrons. The second-order valence-electron chi connectivity index (χ2n) is 9.50. The second-order valence-corrected chi connectivity index (χ2v) is 11.6. The summed E-state index contributed by atoms with van der Waals surface area (Å²) in [5, 5.41) is 21.3. The number of halogens is 1. The minimum absolute atomic E-state index is 0.0982. The third-order valence-electron chi connectivity index (χ3n) is 6.60. The molecule has 41 heavy (non-hydrogen) atoms. The Morgan fingerprint density at radius 1 is 0.976 bits per heavy atom. The Labute approximate surface area is 242 Å². The van der Waals surface area contributed by atoms with E-state index in [2.05, 4.69) is 5.32 Å². The van der Waals surface area contributed by atoms with Crippen LogP contribution >= 0.6 is 11.6 Å². The fraction of sp³-hybridized carbons (Fsp3) is 0.286. The quantitative estimate of drug-likeness (QED) is 0.271. The molecule has 5 N–H and O–H groups in total. The highest BCUT2D eigenvalue weighted by Gasteiger charge is 2.44. The maximum absolute atomic E-state index is 13.4. The summed E-state index contributed by atoms with van der Waals surface area (Å²) >= 11 is 6.12. The number of fused-ring (bicyclic) bond motifs is 1. The topological polar surface area (TPSA) is 179 Å². The summed E-state index contributed by atoms with van der Waals surface area (Å²) in [6, 6.07) is 12.6. The van der Waals surface area contributed by atoms with Crippen LogP contribution in [0.3, 0.4) is 0 Å². The SMILES string of the molecule is NC(=O)C(CCC(=O)O)NC(=O)C(CCC(=O)O)[N+]1=S2N=C(c3ccc(-c4cccc(Cl)c4)cc3)C=C2CCC1=O. The Morgan fingerprint density at radius 3 is 2.27 bits per heavy atom. The zero-order valence-electron chi connectivity index (χ0n) is 21.8. The van der Waals surface area contributed by atoms with Gasteiger partial charge in [-0.2, -0.15) is 4.40 Å². The maximum atomic E-state index is 13.4. The monoisotopic (exact) mass is 599 g/mol. The first-order chi connectivity index (χ1) is 19.5. The number of carbonyl (C=O) groups is 5. The van der Waals surface area contributed by atoms with Crippen molar-refractivity contribution < 1.29 is 38.1 Å². The molecule has 0 saturated carbocycles. The van der Waals surface area contributed by atoms with E-state index in [4.69, 9.17) is 26.8 Å². The van der Waals surface area contributed by atoms with Crippen molar-refractivity contribution in [1.29, 1.82) is 0 Å². The Balaban J connectivity index is 1.67. The average Bonchev–Trinajstić information content (AvgIpc) is 3.36. The van der Waals surface area contributed by atoms with Crippen molar-refractivity contribution in [2.45, 2.75) is 50.6 Å². The minimum atomic E-state index is -1.30. The van der Waals surface area contributed by atoms with E-state index in [1.54, 1.807) is 6.07 Å². The van der Waals surface area contributed by atoms with E-state index in [1.165, 1.54) is 3.95 Å². The number of rotatable bonds is 12. The van der Waals surface area contributed by atoms with Crippen molar-refractivity contribution in [3.63, 3.8) is 0 Å². The number of hydrogen-bond acceptors (Lipinski definition) is 6. The van der Waals surface area contributed by atoms with E-state index in [9.17, 15) is 29.1 Å². The first-order valence-electron chi connectivity index (χ1n) is 12.8. The molecular formula is C28H28ClN4O7S+. The third-order valence-corrected chi connectivity index (χ3v) is 8.82. The van der Waals surface area contributed by atoms with E-state index >= 15 is 0 Å². The number of carboxylic acid groups (broad SMARTS) is 2.